The predicted octanol–water partition coefficient (Wildman–Crippen LogP) is 3.87. The molecule has 90 valence electrons. The average Bonchev–Trinajstić information content (AvgIpc) is 2.19. The molecule has 1 rings (SSSR count). The number of aromatic hydroxyl groups is 1. The molecule has 0 aliphatic rings. The fraction of sp³-hybridized carbons (Fsp3) is 0.571. The maximum Gasteiger partial charge on any atom is 0.161 e. The summed E-state index contributed by atoms with van der Waals surface area (Å²) in [5.74, 6) is 0.881. The lowest BCUT2D eigenvalue weighted by molar-refractivity contribution is 0.290. The molecular weight excluding hydrogens is 200 g/mol. The summed E-state index contributed by atoms with van der Waals surface area (Å²) in [5.41, 5.74) is 0.871. The minimum atomic E-state index is -0.0613. The Hall–Kier alpha value is -1.18. The van der Waals surface area contributed by atoms with Gasteiger partial charge >= 0.3 is 0 Å². The Morgan fingerprint density at radius 1 is 1.25 bits per heavy atom. The summed E-state index contributed by atoms with van der Waals surface area (Å²) in [7, 11) is 0. The van der Waals surface area contributed by atoms with Gasteiger partial charge in [-0.3, -0.25) is 0 Å². The lowest BCUT2D eigenvalue weighted by Crippen LogP contribution is -2.11. The van der Waals surface area contributed by atoms with Gasteiger partial charge in [0.1, 0.15) is 0 Å². The van der Waals surface area contributed by atoms with Crippen molar-refractivity contribution >= 4 is 0 Å². The molecule has 0 saturated carbocycles. The Labute approximate surface area is 98.3 Å². The highest BCUT2D eigenvalue weighted by Crippen LogP contribution is 2.37. The molecule has 0 amide bonds. The third kappa shape index (κ3) is 3.16. The Balaban J connectivity index is 2.87. The van der Waals surface area contributed by atoms with Gasteiger partial charge in [-0.2, -0.15) is 0 Å². The van der Waals surface area contributed by atoms with Crippen molar-refractivity contribution in [3.63, 3.8) is 0 Å². The van der Waals surface area contributed by atoms with Gasteiger partial charge in [0.05, 0.1) is 6.61 Å². The van der Waals surface area contributed by atoms with Gasteiger partial charge < -0.3 is 9.84 Å². The number of para-hydroxylation sites is 1. The van der Waals surface area contributed by atoms with E-state index < -0.39 is 0 Å². The first kappa shape index (κ1) is 12.9. The van der Waals surface area contributed by atoms with E-state index in [9.17, 15) is 5.11 Å². The van der Waals surface area contributed by atoms with Gasteiger partial charge in [0.15, 0.2) is 11.5 Å². The molecule has 2 heteroatoms. The topological polar surface area (TPSA) is 29.5 Å². The van der Waals surface area contributed by atoms with Crippen LogP contribution >= 0.6 is 0 Å². The van der Waals surface area contributed by atoms with Crippen LogP contribution in [0.15, 0.2) is 18.2 Å². The SMILES string of the molecule is CCCCOc1cccc(C(C)(C)C)c1O. The number of unbranched alkanes of at least 4 members (excludes halogenated alkanes) is 1. The molecule has 0 heterocycles. The zero-order valence-corrected chi connectivity index (χ0v) is 10.7. The van der Waals surface area contributed by atoms with Crippen LogP contribution in [0.5, 0.6) is 11.5 Å². The van der Waals surface area contributed by atoms with Gasteiger partial charge in [-0.25, -0.2) is 0 Å². The first-order chi connectivity index (χ1) is 7.46. The van der Waals surface area contributed by atoms with E-state index in [1.807, 2.05) is 18.2 Å². The highest BCUT2D eigenvalue weighted by molar-refractivity contribution is 5.48. The molecule has 0 aliphatic heterocycles. The highest BCUT2D eigenvalue weighted by atomic mass is 16.5. The van der Waals surface area contributed by atoms with Crippen molar-refractivity contribution in [1.82, 2.24) is 0 Å². The van der Waals surface area contributed by atoms with Crippen molar-refractivity contribution in [2.24, 2.45) is 0 Å². The van der Waals surface area contributed by atoms with Crippen molar-refractivity contribution < 1.29 is 9.84 Å². The van der Waals surface area contributed by atoms with Crippen LogP contribution in [0.25, 0.3) is 0 Å². The molecule has 2 nitrogen and oxygen atoms in total. The number of phenols is 1. The van der Waals surface area contributed by atoms with Crippen LogP contribution in [0.2, 0.25) is 0 Å². The molecule has 0 saturated heterocycles. The van der Waals surface area contributed by atoms with Crippen LogP contribution in [0, 0.1) is 0 Å². The van der Waals surface area contributed by atoms with Crippen LogP contribution in [0.1, 0.15) is 46.1 Å². The van der Waals surface area contributed by atoms with Crippen LogP contribution in [-0.4, -0.2) is 11.7 Å². The molecule has 0 atom stereocenters. The Morgan fingerprint density at radius 2 is 1.94 bits per heavy atom. The minimum absolute atomic E-state index is 0.0613. The van der Waals surface area contributed by atoms with Gasteiger partial charge in [-0.1, -0.05) is 46.2 Å². The maximum absolute atomic E-state index is 10.1. The summed E-state index contributed by atoms with van der Waals surface area (Å²) in [6.07, 6.45) is 2.11. The van der Waals surface area contributed by atoms with E-state index in [0.717, 1.165) is 18.4 Å². The van der Waals surface area contributed by atoms with Crippen LogP contribution < -0.4 is 4.74 Å². The Morgan fingerprint density at radius 3 is 2.50 bits per heavy atom. The summed E-state index contributed by atoms with van der Waals surface area (Å²) in [6.45, 7) is 9.03. The summed E-state index contributed by atoms with van der Waals surface area (Å²) < 4.78 is 5.56. The normalized spacial score (nSPS) is 11.5. The van der Waals surface area contributed by atoms with Gasteiger partial charge in [0, 0.05) is 5.56 Å². The zero-order valence-electron chi connectivity index (χ0n) is 10.7. The second-order valence-corrected chi connectivity index (χ2v) is 5.10. The number of benzene rings is 1. The van der Waals surface area contributed by atoms with E-state index >= 15 is 0 Å². The standard InChI is InChI=1S/C14H22O2/c1-5-6-10-16-12-9-7-8-11(13(12)15)14(2,3)4/h7-9,15H,5-6,10H2,1-4H3. The van der Waals surface area contributed by atoms with Gasteiger partial charge in [0.2, 0.25) is 0 Å². The van der Waals surface area contributed by atoms with Crippen LogP contribution in [0.4, 0.5) is 0 Å². The summed E-state index contributed by atoms with van der Waals surface area (Å²) >= 11 is 0. The number of hydrogen-bond acceptors (Lipinski definition) is 2. The lowest BCUT2D eigenvalue weighted by Gasteiger charge is -2.21. The second-order valence-electron chi connectivity index (χ2n) is 5.10. The largest absolute Gasteiger partial charge is 0.504 e. The summed E-state index contributed by atoms with van der Waals surface area (Å²) in [5, 5.41) is 10.1. The lowest BCUT2D eigenvalue weighted by atomic mass is 9.86. The third-order valence-electron chi connectivity index (χ3n) is 2.56. The maximum atomic E-state index is 10.1. The molecule has 1 N–H and O–H groups in total. The second kappa shape index (κ2) is 5.24. The van der Waals surface area contributed by atoms with Crippen molar-refractivity contribution in [2.45, 2.75) is 46.0 Å². The molecule has 0 unspecified atom stereocenters. The van der Waals surface area contributed by atoms with E-state index in [0.29, 0.717) is 12.4 Å². The summed E-state index contributed by atoms with van der Waals surface area (Å²) in [4.78, 5) is 0. The Bertz CT molecular complexity index is 337. The van der Waals surface area contributed by atoms with E-state index in [1.165, 1.54) is 0 Å². The molecule has 0 spiro atoms. The fourth-order valence-electron chi connectivity index (χ4n) is 1.57. The van der Waals surface area contributed by atoms with E-state index in [4.69, 9.17) is 4.74 Å². The first-order valence-electron chi connectivity index (χ1n) is 5.92. The molecule has 1 aromatic carbocycles. The molecule has 1 aromatic rings. The molecular formula is C14H22O2. The van der Waals surface area contributed by atoms with Crippen LogP contribution in [0.3, 0.4) is 0 Å². The van der Waals surface area contributed by atoms with E-state index in [2.05, 4.69) is 27.7 Å². The van der Waals surface area contributed by atoms with E-state index in [-0.39, 0.29) is 11.2 Å². The third-order valence-corrected chi connectivity index (χ3v) is 2.56. The van der Waals surface area contributed by atoms with Crippen molar-refractivity contribution in [3.05, 3.63) is 23.8 Å². The molecule has 0 fully saturated rings. The molecule has 0 radical (unpaired) electrons. The number of hydrogen-bond donors (Lipinski definition) is 1. The van der Waals surface area contributed by atoms with Crippen molar-refractivity contribution in [2.75, 3.05) is 6.61 Å². The first-order valence-corrected chi connectivity index (χ1v) is 5.92. The molecule has 0 bridgehead atoms. The fourth-order valence-corrected chi connectivity index (χ4v) is 1.57. The van der Waals surface area contributed by atoms with E-state index in [1.54, 1.807) is 0 Å². The zero-order chi connectivity index (χ0) is 12.2. The van der Waals surface area contributed by atoms with Gasteiger partial charge in [-0.15, -0.1) is 0 Å². The minimum Gasteiger partial charge on any atom is -0.504 e. The number of ether oxygens (including phenoxy) is 1. The van der Waals surface area contributed by atoms with Crippen molar-refractivity contribution in [1.29, 1.82) is 0 Å². The van der Waals surface area contributed by atoms with Gasteiger partial charge in [0.25, 0.3) is 0 Å². The smallest absolute Gasteiger partial charge is 0.161 e. The van der Waals surface area contributed by atoms with Crippen LogP contribution in [-0.2, 0) is 5.41 Å². The van der Waals surface area contributed by atoms with Crippen molar-refractivity contribution in [3.8, 4) is 11.5 Å². The average molecular weight is 222 g/mol. The number of rotatable bonds is 4. The molecule has 16 heavy (non-hydrogen) atoms. The summed E-state index contributed by atoms with van der Waals surface area (Å²) in [6, 6.07) is 5.70. The monoisotopic (exact) mass is 222 g/mol. The predicted molar refractivity (Wildman–Crippen MR) is 67.2 cm³/mol. The molecule has 0 aromatic heterocycles. The molecule has 0 aliphatic carbocycles. The van der Waals surface area contributed by atoms with Gasteiger partial charge in [-0.05, 0) is 17.9 Å². The number of phenolic OH excluding ortho intramolecular Hbond substituents is 1. The highest BCUT2D eigenvalue weighted by Gasteiger charge is 2.20. The Kier molecular flexibility index (Phi) is 4.22. The quantitative estimate of drug-likeness (QED) is 0.784.